The van der Waals surface area contributed by atoms with Crippen LogP contribution in [0.5, 0.6) is 0 Å². The summed E-state index contributed by atoms with van der Waals surface area (Å²) in [7, 11) is 0. The molecule has 0 fully saturated rings. The zero-order valence-electron chi connectivity index (χ0n) is 38.8. The van der Waals surface area contributed by atoms with Crippen LogP contribution in [-0.4, -0.2) is 37.2 Å². The third kappa shape index (κ3) is 45.3. The lowest BCUT2D eigenvalue weighted by Gasteiger charge is -2.18. The number of carbonyl (C=O) groups excluding carboxylic acids is 3. The lowest BCUT2D eigenvalue weighted by Crippen LogP contribution is -2.30. The van der Waals surface area contributed by atoms with Gasteiger partial charge in [-0.1, -0.05) is 246 Å². The van der Waals surface area contributed by atoms with Gasteiger partial charge in [-0.15, -0.1) is 0 Å². The number of hydrogen-bond acceptors (Lipinski definition) is 6. The number of ether oxygens (including phenoxy) is 3. The fourth-order valence-electron chi connectivity index (χ4n) is 7.69. The van der Waals surface area contributed by atoms with Crippen molar-refractivity contribution in [2.24, 2.45) is 5.92 Å². The van der Waals surface area contributed by atoms with Gasteiger partial charge < -0.3 is 14.2 Å². The number of carbonyl (C=O) groups is 3. The van der Waals surface area contributed by atoms with Gasteiger partial charge in [0.15, 0.2) is 6.10 Å². The Kier molecular flexibility index (Phi) is 44.2. The molecular formula is C51H98O6. The standard InChI is InChI=1S/C51H98O6/c1-5-7-9-11-13-15-16-17-18-19-20-21-22-28-32-36-40-44-51(54)57-48(45-55-49(52)42-38-34-30-25-14-12-10-8-6-2)46-56-50(53)43-39-35-31-27-24-23-26-29-33-37-41-47(3)4/h47-48H,5-46H2,1-4H3/t48-/m1/s1. The minimum Gasteiger partial charge on any atom is -0.462 e. The van der Waals surface area contributed by atoms with Gasteiger partial charge in [0.25, 0.3) is 0 Å². The highest BCUT2D eigenvalue weighted by molar-refractivity contribution is 5.71. The van der Waals surface area contributed by atoms with E-state index in [1.54, 1.807) is 0 Å². The van der Waals surface area contributed by atoms with Crippen LogP contribution in [0.1, 0.15) is 285 Å². The highest BCUT2D eigenvalue weighted by Gasteiger charge is 2.19. The Morgan fingerprint density at radius 2 is 0.579 bits per heavy atom. The molecule has 0 heterocycles. The van der Waals surface area contributed by atoms with E-state index in [1.807, 2.05) is 0 Å². The van der Waals surface area contributed by atoms with Gasteiger partial charge >= 0.3 is 17.9 Å². The van der Waals surface area contributed by atoms with Gasteiger partial charge in [-0.05, 0) is 25.2 Å². The highest BCUT2D eigenvalue weighted by atomic mass is 16.6. The Labute approximate surface area is 355 Å². The predicted molar refractivity (Wildman–Crippen MR) is 243 cm³/mol. The second kappa shape index (κ2) is 45.5. The molecule has 0 saturated carbocycles. The highest BCUT2D eigenvalue weighted by Crippen LogP contribution is 2.17. The number of esters is 3. The molecule has 0 radical (unpaired) electrons. The van der Waals surface area contributed by atoms with Crippen molar-refractivity contribution in [3.05, 3.63) is 0 Å². The fraction of sp³-hybridized carbons (Fsp3) is 0.941. The Balaban J connectivity index is 4.26. The normalized spacial score (nSPS) is 11.9. The van der Waals surface area contributed by atoms with Gasteiger partial charge in [0.05, 0.1) is 0 Å². The quantitative estimate of drug-likeness (QED) is 0.0346. The van der Waals surface area contributed by atoms with E-state index in [2.05, 4.69) is 27.7 Å². The molecule has 6 nitrogen and oxygen atoms in total. The largest absolute Gasteiger partial charge is 0.462 e. The molecule has 0 N–H and O–H groups in total. The van der Waals surface area contributed by atoms with Crippen molar-refractivity contribution < 1.29 is 28.6 Å². The summed E-state index contributed by atoms with van der Waals surface area (Å²) in [5.41, 5.74) is 0. The number of hydrogen-bond donors (Lipinski definition) is 0. The van der Waals surface area contributed by atoms with Gasteiger partial charge in [-0.25, -0.2) is 0 Å². The molecule has 0 unspecified atom stereocenters. The molecule has 6 heteroatoms. The maximum absolute atomic E-state index is 12.8. The third-order valence-electron chi connectivity index (χ3n) is 11.5. The van der Waals surface area contributed by atoms with Gasteiger partial charge in [-0.3, -0.25) is 14.4 Å². The topological polar surface area (TPSA) is 78.9 Å². The molecule has 0 saturated heterocycles. The average molecular weight is 807 g/mol. The van der Waals surface area contributed by atoms with Crippen LogP contribution >= 0.6 is 0 Å². The maximum atomic E-state index is 12.8. The molecule has 0 spiro atoms. The maximum Gasteiger partial charge on any atom is 0.306 e. The van der Waals surface area contributed by atoms with Crippen molar-refractivity contribution in [1.29, 1.82) is 0 Å². The average Bonchev–Trinajstić information content (AvgIpc) is 3.19. The molecule has 0 amide bonds. The molecule has 0 aromatic heterocycles. The van der Waals surface area contributed by atoms with E-state index >= 15 is 0 Å². The van der Waals surface area contributed by atoms with Crippen LogP contribution < -0.4 is 0 Å². The van der Waals surface area contributed by atoms with Crippen molar-refractivity contribution in [2.45, 2.75) is 291 Å². The monoisotopic (exact) mass is 807 g/mol. The minimum atomic E-state index is -0.760. The van der Waals surface area contributed by atoms with Gasteiger partial charge in [0, 0.05) is 19.3 Å². The van der Waals surface area contributed by atoms with E-state index in [0.29, 0.717) is 19.3 Å². The first-order chi connectivity index (χ1) is 27.9. The molecule has 0 aliphatic rings. The first-order valence-corrected chi connectivity index (χ1v) is 25.4. The van der Waals surface area contributed by atoms with E-state index in [-0.39, 0.29) is 31.1 Å². The lowest BCUT2D eigenvalue weighted by molar-refractivity contribution is -0.167. The van der Waals surface area contributed by atoms with Crippen molar-refractivity contribution in [3.63, 3.8) is 0 Å². The smallest absolute Gasteiger partial charge is 0.306 e. The summed E-state index contributed by atoms with van der Waals surface area (Å²) in [6.45, 7) is 8.99. The van der Waals surface area contributed by atoms with Crippen molar-refractivity contribution in [2.75, 3.05) is 13.2 Å². The molecule has 0 aromatic carbocycles. The van der Waals surface area contributed by atoms with Crippen molar-refractivity contribution in [1.82, 2.24) is 0 Å². The summed E-state index contributed by atoms with van der Waals surface area (Å²) in [5, 5.41) is 0. The summed E-state index contributed by atoms with van der Waals surface area (Å²) in [4.78, 5) is 37.8. The molecule has 0 rings (SSSR count). The molecule has 338 valence electrons. The van der Waals surface area contributed by atoms with Crippen molar-refractivity contribution in [3.8, 4) is 0 Å². The zero-order valence-corrected chi connectivity index (χ0v) is 38.8. The first kappa shape index (κ1) is 55.4. The van der Waals surface area contributed by atoms with E-state index in [0.717, 1.165) is 63.7 Å². The van der Waals surface area contributed by atoms with Crippen LogP contribution in [0, 0.1) is 5.92 Å². The second-order valence-electron chi connectivity index (χ2n) is 17.9. The summed E-state index contributed by atoms with van der Waals surface area (Å²) < 4.78 is 16.8. The first-order valence-electron chi connectivity index (χ1n) is 25.4. The van der Waals surface area contributed by atoms with Crippen LogP contribution in [-0.2, 0) is 28.6 Å². The van der Waals surface area contributed by atoms with E-state index in [1.165, 1.54) is 180 Å². The van der Waals surface area contributed by atoms with Crippen LogP contribution in [0.3, 0.4) is 0 Å². The van der Waals surface area contributed by atoms with Gasteiger partial charge in [-0.2, -0.15) is 0 Å². The Hall–Kier alpha value is -1.59. The molecule has 57 heavy (non-hydrogen) atoms. The van der Waals surface area contributed by atoms with E-state index in [9.17, 15) is 14.4 Å². The number of unbranched alkanes of at least 4 members (excludes halogenated alkanes) is 33. The lowest BCUT2D eigenvalue weighted by atomic mass is 10.0. The molecular weight excluding hydrogens is 709 g/mol. The predicted octanol–water partition coefficient (Wildman–Crippen LogP) is 16.3. The third-order valence-corrected chi connectivity index (χ3v) is 11.5. The minimum absolute atomic E-state index is 0.0634. The van der Waals surface area contributed by atoms with E-state index in [4.69, 9.17) is 14.2 Å². The van der Waals surface area contributed by atoms with Crippen molar-refractivity contribution >= 4 is 17.9 Å². The van der Waals surface area contributed by atoms with Crippen LogP contribution in [0.2, 0.25) is 0 Å². The Morgan fingerprint density at radius 3 is 0.860 bits per heavy atom. The zero-order chi connectivity index (χ0) is 41.7. The second-order valence-corrected chi connectivity index (χ2v) is 17.9. The van der Waals surface area contributed by atoms with Crippen LogP contribution in [0.25, 0.3) is 0 Å². The summed E-state index contributed by atoms with van der Waals surface area (Å²) in [6.07, 6.45) is 46.6. The van der Waals surface area contributed by atoms with Gasteiger partial charge in [0.2, 0.25) is 0 Å². The summed E-state index contributed by atoms with van der Waals surface area (Å²) >= 11 is 0. The number of rotatable bonds is 46. The molecule has 0 aliphatic heterocycles. The summed E-state index contributed by atoms with van der Waals surface area (Å²) in [6, 6.07) is 0. The van der Waals surface area contributed by atoms with Gasteiger partial charge in [0.1, 0.15) is 13.2 Å². The Morgan fingerprint density at radius 1 is 0.333 bits per heavy atom. The van der Waals surface area contributed by atoms with Crippen LogP contribution in [0.4, 0.5) is 0 Å². The molecule has 1 atom stereocenters. The van der Waals surface area contributed by atoms with Crippen LogP contribution in [0.15, 0.2) is 0 Å². The fourth-order valence-corrected chi connectivity index (χ4v) is 7.69. The Bertz CT molecular complexity index is 857. The molecule has 0 bridgehead atoms. The SMILES string of the molecule is CCCCCCCCCCCCCCCCCCCC(=O)O[C@H](COC(=O)CCCCCCCCCCC)COC(=O)CCCCCCCCCCCCC(C)C. The molecule has 0 aromatic rings. The molecule has 0 aliphatic carbocycles. The summed E-state index contributed by atoms with van der Waals surface area (Å²) in [5.74, 6) is -0.0305. The van der Waals surface area contributed by atoms with E-state index < -0.39 is 6.10 Å².